The second-order valence-electron chi connectivity index (χ2n) is 3.96. The summed E-state index contributed by atoms with van der Waals surface area (Å²) >= 11 is 7.40. The van der Waals surface area contributed by atoms with Gasteiger partial charge in [0.2, 0.25) is 0 Å². The van der Waals surface area contributed by atoms with Crippen LogP contribution < -0.4 is 4.74 Å². The highest BCUT2D eigenvalue weighted by molar-refractivity contribution is 7.12. The van der Waals surface area contributed by atoms with Crippen molar-refractivity contribution in [3.05, 3.63) is 39.0 Å². The molecule has 0 aliphatic rings. The van der Waals surface area contributed by atoms with Gasteiger partial charge in [-0.1, -0.05) is 11.6 Å². The Hall–Kier alpha value is -1.52. The maximum Gasteiger partial charge on any atom is 0.348 e. The zero-order valence-electron chi connectivity index (χ0n) is 10.8. The molecule has 3 nitrogen and oxygen atoms in total. The third-order valence-electron chi connectivity index (χ3n) is 2.78. The minimum atomic E-state index is -0.352. The lowest BCUT2D eigenvalue weighted by atomic mass is 10.0. The summed E-state index contributed by atoms with van der Waals surface area (Å²) in [6.45, 7) is 1.94. The third-order valence-corrected chi connectivity index (χ3v) is 4.09. The van der Waals surface area contributed by atoms with Gasteiger partial charge in [-0.25, -0.2) is 4.79 Å². The summed E-state index contributed by atoms with van der Waals surface area (Å²) in [5.41, 5.74) is 2.61. The molecule has 0 aliphatic carbocycles. The maximum absolute atomic E-state index is 11.8. The molecule has 2 rings (SSSR count). The molecular weight excluding hydrogens is 284 g/mol. The van der Waals surface area contributed by atoms with Crippen LogP contribution in [0.5, 0.6) is 5.75 Å². The smallest absolute Gasteiger partial charge is 0.348 e. The van der Waals surface area contributed by atoms with E-state index in [1.54, 1.807) is 25.3 Å². The topological polar surface area (TPSA) is 35.5 Å². The fraction of sp³-hybridized carbons (Fsp3) is 0.214. The summed E-state index contributed by atoms with van der Waals surface area (Å²) < 4.78 is 10.2. The largest absolute Gasteiger partial charge is 0.496 e. The molecule has 0 unspecified atom stereocenters. The lowest BCUT2D eigenvalue weighted by Gasteiger charge is -2.10. The predicted octanol–water partition coefficient (Wildman–Crippen LogP) is 4.17. The molecule has 1 aromatic heterocycles. The summed E-state index contributed by atoms with van der Waals surface area (Å²) in [7, 11) is 2.96. The van der Waals surface area contributed by atoms with E-state index < -0.39 is 0 Å². The van der Waals surface area contributed by atoms with Gasteiger partial charge in [-0.2, -0.15) is 0 Å². The molecule has 0 N–H and O–H groups in total. The van der Waals surface area contributed by atoms with Crippen LogP contribution in [0, 0.1) is 6.92 Å². The molecule has 5 heteroatoms. The number of carbonyl (C=O) groups excluding carboxylic acids is 1. The number of esters is 1. The molecule has 0 atom stereocenters. The van der Waals surface area contributed by atoms with Gasteiger partial charge in [0, 0.05) is 16.1 Å². The molecule has 0 fully saturated rings. The Morgan fingerprint density at radius 2 is 2.05 bits per heavy atom. The Labute approximate surface area is 120 Å². The summed E-state index contributed by atoms with van der Waals surface area (Å²) in [4.78, 5) is 12.4. The molecule has 0 saturated heterocycles. The molecule has 0 amide bonds. The highest BCUT2D eigenvalue weighted by Crippen LogP contribution is 2.39. The van der Waals surface area contributed by atoms with Crippen LogP contribution in [0.1, 0.15) is 15.2 Å². The van der Waals surface area contributed by atoms with Gasteiger partial charge < -0.3 is 9.47 Å². The van der Waals surface area contributed by atoms with Gasteiger partial charge in [0.15, 0.2) is 0 Å². The summed E-state index contributed by atoms with van der Waals surface area (Å²) in [5.74, 6) is 0.325. The summed E-state index contributed by atoms with van der Waals surface area (Å²) in [5, 5.41) is 2.51. The van der Waals surface area contributed by atoms with Crippen LogP contribution in [0.3, 0.4) is 0 Å². The van der Waals surface area contributed by atoms with Gasteiger partial charge >= 0.3 is 5.97 Å². The van der Waals surface area contributed by atoms with Gasteiger partial charge in [-0.3, -0.25) is 0 Å². The average molecular weight is 297 g/mol. The number of hydrogen-bond acceptors (Lipinski definition) is 4. The van der Waals surface area contributed by atoms with E-state index in [-0.39, 0.29) is 5.97 Å². The number of benzene rings is 1. The number of thiophene rings is 1. The molecule has 100 valence electrons. The van der Waals surface area contributed by atoms with Crippen LogP contribution in [-0.2, 0) is 4.74 Å². The minimum absolute atomic E-state index is 0.352. The lowest BCUT2D eigenvalue weighted by Crippen LogP contribution is -2.01. The van der Waals surface area contributed by atoms with E-state index >= 15 is 0 Å². The second kappa shape index (κ2) is 5.63. The fourth-order valence-electron chi connectivity index (χ4n) is 1.90. The summed E-state index contributed by atoms with van der Waals surface area (Å²) in [6, 6.07) is 5.33. The van der Waals surface area contributed by atoms with Crippen molar-refractivity contribution in [1.29, 1.82) is 0 Å². The Balaban J connectivity index is 2.68. The Morgan fingerprint density at radius 1 is 1.32 bits per heavy atom. The first-order valence-corrected chi connectivity index (χ1v) is 6.84. The first kappa shape index (κ1) is 13.9. The van der Waals surface area contributed by atoms with E-state index in [2.05, 4.69) is 0 Å². The molecule has 19 heavy (non-hydrogen) atoms. The van der Waals surface area contributed by atoms with Gasteiger partial charge in [-0.05, 0) is 36.1 Å². The highest BCUT2D eigenvalue weighted by Gasteiger charge is 2.20. The Kier molecular flexibility index (Phi) is 4.12. The zero-order chi connectivity index (χ0) is 14.0. The third kappa shape index (κ3) is 2.60. The van der Waals surface area contributed by atoms with Crippen LogP contribution in [0.2, 0.25) is 5.02 Å². The van der Waals surface area contributed by atoms with Gasteiger partial charge in [-0.15, -0.1) is 11.3 Å². The maximum atomic E-state index is 11.8. The highest BCUT2D eigenvalue weighted by atomic mass is 35.5. The number of halogens is 1. The molecule has 0 aliphatic heterocycles. The molecule has 1 heterocycles. The second-order valence-corrected chi connectivity index (χ2v) is 5.28. The molecule has 2 aromatic rings. The number of carbonyl (C=O) groups is 1. The molecule has 0 radical (unpaired) electrons. The normalized spacial score (nSPS) is 10.3. The number of methoxy groups -OCH3 is 2. The number of rotatable bonds is 3. The molecule has 0 spiro atoms. The van der Waals surface area contributed by atoms with Crippen molar-refractivity contribution in [2.75, 3.05) is 14.2 Å². The number of hydrogen-bond donors (Lipinski definition) is 0. The van der Waals surface area contributed by atoms with E-state index in [1.165, 1.54) is 18.4 Å². The van der Waals surface area contributed by atoms with Crippen molar-refractivity contribution in [3.63, 3.8) is 0 Å². The SMILES string of the molecule is COC(=O)c1scc(C)c1-c1cc(Cl)ccc1OC. The molecule has 0 saturated carbocycles. The number of aryl methyl sites for hydroxylation is 1. The quantitative estimate of drug-likeness (QED) is 0.797. The number of ether oxygens (including phenoxy) is 2. The summed E-state index contributed by atoms with van der Waals surface area (Å²) in [6.07, 6.45) is 0. The fourth-order valence-corrected chi connectivity index (χ4v) is 3.05. The van der Waals surface area contributed by atoms with Crippen molar-refractivity contribution in [2.24, 2.45) is 0 Å². The molecule has 0 bridgehead atoms. The van der Waals surface area contributed by atoms with Crippen LogP contribution in [-0.4, -0.2) is 20.2 Å². The van der Waals surface area contributed by atoms with Crippen molar-refractivity contribution in [2.45, 2.75) is 6.92 Å². The molecular formula is C14H13ClO3S. The Bertz CT molecular complexity index is 619. The van der Waals surface area contributed by atoms with Gasteiger partial charge in [0.1, 0.15) is 10.6 Å². The van der Waals surface area contributed by atoms with E-state index in [0.29, 0.717) is 15.6 Å². The lowest BCUT2D eigenvalue weighted by molar-refractivity contribution is 0.0607. The first-order valence-electron chi connectivity index (χ1n) is 5.58. The van der Waals surface area contributed by atoms with E-state index in [0.717, 1.165) is 16.7 Å². The zero-order valence-corrected chi connectivity index (χ0v) is 12.4. The van der Waals surface area contributed by atoms with E-state index in [4.69, 9.17) is 21.1 Å². The van der Waals surface area contributed by atoms with Crippen LogP contribution in [0.15, 0.2) is 23.6 Å². The van der Waals surface area contributed by atoms with Crippen LogP contribution in [0.25, 0.3) is 11.1 Å². The van der Waals surface area contributed by atoms with E-state index in [1.807, 2.05) is 12.3 Å². The standard InChI is InChI=1S/C14H13ClO3S/c1-8-7-19-13(14(16)18-3)12(8)10-6-9(15)4-5-11(10)17-2/h4-7H,1-3H3. The van der Waals surface area contributed by atoms with Crippen molar-refractivity contribution in [3.8, 4) is 16.9 Å². The molecule has 1 aromatic carbocycles. The van der Waals surface area contributed by atoms with E-state index in [9.17, 15) is 4.79 Å². The van der Waals surface area contributed by atoms with Crippen molar-refractivity contribution >= 4 is 28.9 Å². The van der Waals surface area contributed by atoms with Crippen LogP contribution >= 0.6 is 22.9 Å². The van der Waals surface area contributed by atoms with Gasteiger partial charge in [0.05, 0.1) is 14.2 Å². The first-order chi connectivity index (χ1) is 9.08. The Morgan fingerprint density at radius 3 is 2.68 bits per heavy atom. The average Bonchev–Trinajstić information content (AvgIpc) is 2.79. The minimum Gasteiger partial charge on any atom is -0.496 e. The monoisotopic (exact) mass is 296 g/mol. The predicted molar refractivity (Wildman–Crippen MR) is 77.4 cm³/mol. The van der Waals surface area contributed by atoms with Gasteiger partial charge in [0.25, 0.3) is 0 Å². The van der Waals surface area contributed by atoms with Crippen LogP contribution in [0.4, 0.5) is 0 Å². The van der Waals surface area contributed by atoms with Crippen molar-refractivity contribution in [1.82, 2.24) is 0 Å². The van der Waals surface area contributed by atoms with Crippen molar-refractivity contribution < 1.29 is 14.3 Å².